The molecule has 0 bridgehead atoms. The maximum Gasteiger partial charge on any atom is 0.258 e. The Morgan fingerprint density at radius 1 is 1.04 bits per heavy atom. The van der Waals surface area contributed by atoms with Crippen molar-refractivity contribution in [3.05, 3.63) is 54.7 Å². The molecule has 0 amide bonds. The van der Waals surface area contributed by atoms with Crippen molar-refractivity contribution in [3.63, 3.8) is 0 Å². The van der Waals surface area contributed by atoms with E-state index in [-0.39, 0.29) is 0 Å². The lowest BCUT2D eigenvalue weighted by Crippen LogP contribution is -2.37. The highest BCUT2D eigenvalue weighted by atomic mass is 16.5. The van der Waals surface area contributed by atoms with Gasteiger partial charge in [-0.05, 0) is 74.7 Å². The second-order valence-corrected chi connectivity index (χ2v) is 7.29. The second kappa shape index (κ2) is 6.58. The lowest BCUT2D eigenvalue weighted by molar-refractivity contribution is 0.432. The summed E-state index contributed by atoms with van der Waals surface area (Å²) < 4.78 is 5.52. The van der Waals surface area contributed by atoms with Crippen LogP contribution in [0.4, 0.5) is 5.69 Å². The van der Waals surface area contributed by atoms with E-state index in [2.05, 4.69) is 57.3 Å². The minimum Gasteiger partial charge on any atom is -0.369 e. The van der Waals surface area contributed by atoms with Gasteiger partial charge < -0.3 is 14.4 Å². The van der Waals surface area contributed by atoms with Crippen molar-refractivity contribution in [3.8, 4) is 22.8 Å². The number of anilines is 1. The highest BCUT2D eigenvalue weighted by molar-refractivity contribution is 5.83. The number of benzene rings is 2. The topological polar surface area (TPSA) is 58.0 Å². The molecule has 1 unspecified atom stereocenters. The predicted molar refractivity (Wildman–Crippen MR) is 108 cm³/mol. The first kappa shape index (κ1) is 16.1. The first-order valence-electron chi connectivity index (χ1n) is 9.56. The average Bonchev–Trinajstić information content (AvgIpc) is 3.37. The second-order valence-electron chi connectivity index (χ2n) is 7.29. The van der Waals surface area contributed by atoms with Crippen LogP contribution in [0.25, 0.3) is 33.7 Å². The number of nitrogens with one attached hydrogen (secondary N) is 1. The quantitative estimate of drug-likeness (QED) is 0.542. The van der Waals surface area contributed by atoms with E-state index >= 15 is 0 Å². The molecule has 27 heavy (non-hydrogen) atoms. The SMILES string of the molecule is CC1CCCCN1c1ccc(-c2nc(-c3ccc4[nH]ccc4c3)no2)cc1. The van der Waals surface area contributed by atoms with Crippen LogP contribution in [0.15, 0.2) is 59.3 Å². The predicted octanol–water partition coefficient (Wildman–Crippen LogP) is 5.26. The third kappa shape index (κ3) is 2.99. The number of H-pyrrole nitrogens is 1. The van der Waals surface area contributed by atoms with Gasteiger partial charge in [-0.25, -0.2) is 0 Å². The Morgan fingerprint density at radius 3 is 2.74 bits per heavy atom. The summed E-state index contributed by atoms with van der Waals surface area (Å²) in [5.74, 6) is 1.17. The molecule has 0 spiro atoms. The van der Waals surface area contributed by atoms with Gasteiger partial charge in [-0.15, -0.1) is 0 Å². The molecule has 4 aromatic rings. The van der Waals surface area contributed by atoms with Crippen LogP contribution in [0.1, 0.15) is 26.2 Å². The van der Waals surface area contributed by atoms with E-state index in [1.54, 1.807) is 0 Å². The number of hydrogen-bond donors (Lipinski definition) is 1. The van der Waals surface area contributed by atoms with Gasteiger partial charge in [-0.3, -0.25) is 0 Å². The van der Waals surface area contributed by atoms with Crippen LogP contribution in [-0.4, -0.2) is 27.7 Å². The lowest BCUT2D eigenvalue weighted by atomic mass is 10.0. The summed E-state index contributed by atoms with van der Waals surface area (Å²) in [6, 6.07) is 17.2. The highest BCUT2D eigenvalue weighted by Crippen LogP contribution is 2.29. The van der Waals surface area contributed by atoms with Gasteiger partial charge in [0.25, 0.3) is 5.89 Å². The molecule has 3 heterocycles. The molecule has 0 radical (unpaired) electrons. The van der Waals surface area contributed by atoms with Crippen molar-refractivity contribution in [1.82, 2.24) is 15.1 Å². The zero-order chi connectivity index (χ0) is 18.2. The van der Waals surface area contributed by atoms with Gasteiger partial charge in [0.2, 0.25) is 5.82 Å². The number of fused-ring (bicyclic) bond motifs is 1. The number of nitrogens with zero attached hydrogens (tertiary/aromatic N) is 3. The van der Waals surface area contributed by atoms with Gasteiger partial charge in [0.05, 0.1) is 0 Å². The third-order valence-corrected chi connectivity index (χ3v) is 5.49. The minimum absolute atomic E-state index is 0.553. The van der Waals surface area contributed by atoms with Crippen LogP contribution < -0.4 is 4.90 Å². The summed E-state index contributed by atoms with van der Waals surface area (Å²) in [6.45, 7) is 3.44. The Bertz CT molecular complexity index is 1060. The summed E-state index contributed by atoms with van der Waals surface area (Å²) in [6.07, 6.45) is 5.79. The molecular formula is C22H22N4O. The normalized spacial score (nSPS) is 17.5. The van der Waals surface area contributed by atoms with Crippen molar-refractivity contribution in [2.75, 3.05) is 11.4 Å². The molecule has 136 valence electrons. The van der Waals surface area contributed by atoms with Crippen molar-refractivity contribution in [2.24, 2.45) is 0 Å². The summed E-state index contributed by atoms with van der Waals surface area (Å²) in [7, 11) is 0. The summed E-state index contributed by atoms with van der Waals surface area (Å²) >= 11 is 0. The molecule has 2 aromatic heterocycles. The Balaban J connectivity index is 1.40. The van der Waals surface area contributed by atoms with E-state index < -0.39 is 0 Å². The van der Waals surface area contributed by atoms with E-state index in [0.717, 1.165) is 28.6 Å². The maximum absolute atomic E-state index is 5.52. The molecule has 5 heteroatoms. The molecule has 5 rings (SSSR count). The van der Waals surface area contributed by atoms with E-state index in [9.17, 15) is 0 Å². The first-order chi connectivity index (χ1) is 13.3. The van der Waals surface area contributed by atoms with Crippen LogP contribution in [-0.2, 0) is 0 Å². The summed E-state index contributed by atoms with van der Waals surface area (Å²) in [4.78, 5) is 10.3. The summed E-state index contributed by atoms with van der Waals surface area (Å²) in [5, 5.41) is 5.31. The van der Waals surface area contributed by atoms with Crippen LogP contribution >= 0.6 is 0 Å². The van der Waals surface area contributed by atoms with E-state index in [4.69, 9.17) is 4.52 Å². The number of hydrogen-bond acceptors (Lipinski definition) is 4. The molecule has 5 nitrogen and oxygen atoms in total. The Morgan fingerprint density at radius 2 is 1.89 bits per heavy atom. The standard InChI is InChI=1S/C22H22N4O/c1-15-4-2-3-13-26(15)19-8-5-16(6-9-19)22-24-21(25-27-22)18-7-10-20-17(14-18)11-12-23-20/h5-12,14-15,23H,2-4,13H2,1H3. The Hall–Kier alpha value is -3.08. The molecule has 1 aliphatic rings. The smallest absolute Gasteiger partial charge is 0.258 e. The number of aromatic nitrogens is 3. The van der Waals surface area contributed by atoms with Crippen LogP contribution in [0.5, 0.6) is 0 Å². The van der Waals surface area contributed by atoms with Crippen molar-refractivity contribution >= 4 is 16.6 Å². The zero-order valence-electron chi connectivity index (χ0n) is 15.4. The largest absolute Gasteiger partial charge is 0.369 e. The number of piperidine rings is 1. The van der Waals surface area contributed by atoms with Crippen molar-refractivity contribution in [2.45, 2.75) is 32.2 Å². The molecule has 1 fully saturated rings. The molecule has 2 aromatic carbocycles. The minimum atomic E-state index is 0.553. The zero-order valence-corrected chi connectivity index (χ0v) is 15.4. The van der Waals surface area contributed by atoms with Gasteiger partial charge >= 0.3 is 0 Å². The average molecular weight is 358 g/mol. The van der Waals surface area contributed by atoms with Gasteiger partial charge in [-0.2, -0.15) is 4.98 Å². The fourth-order valence-corrected chi connectivity index (χ4v) is 3.93. The van der Waals surface area contributed by atoms with E-state index in [1.165, 1.54) is 24.9 Å². The third-order valence-electron chi connectivity index (χ3n) is 5.49. The van der Waals surface area contributed by atoms with Gasteiger partial charge in [0.1, 0.15) is 0 Å². The first-order valence-corrected chi connectivity index (χ1v) is 9.56. The fraction of sp³-hybridized carbons (Fsp3) is 0.273. The van der Waals surface area contributed by atoms with E-state index in [1.807, 2.05) is 24.4 Å². The monoisotopic (exact) mass is 358 g/mol. The number of rotatable bonds is 3. The van der Waals surface area contributed by atoms with Gasteiger partial charge in [-0.1, -0.05) is 5.16 Å². The summed E-state index contributed by atoms with van der Waals surface area (Å²) in [5.41, 5.74) is 4.27. The molecule has 1 aliphatic heterocycles. The molecule has 1 atom stereocenters. The molecule has 0 aliphatic carbocycles. The maximum atomic E-state index is 5.52. The van der Waals surface area contributed by atoms with Crippen molar-refractivity contribution in [1.29, 1.82) is 0 Å². The Labute approximate surface area is 158 Å². The van der Waals surface area contributed by atoms with Gasteiger partial charge in [0.15, 0.2) is 0 Å². The molecular weight excluding hydrogens is 336 g/mol. The van der Waals surface area contributed by atoms with Gasteiger partial charge in [0, 0.05) is 46.5 Å². The molecule has 0 saturated carbocycles. The van der Waals surface area contributed by atoms with E-state index in [0.29, 0.717) is 17.8 Å². The van der Waals surface area contributed by atoms with Crippen LogP contribution in [0.2, 0.25) is 0 Å². The fourth-order valence-electron chi connectivity index (χ4n) is 3.93. The highest BCUT2D eigenvalue weighted by Gasteiger charge is 2.19. The Kier molecular flexibility index (Phi) is 3.93. The molecule has 1 saturated heterocycles. The van der Waals surface area contributed by atoms with Crippen LogP contribution in [0.3, 0.4) is 0 Å². The lowest BCUT2D eigenvalue weighted by Gasteiger charge is -2.35. The number of aromatic amines is 1. The van der Waals surface area contributed by atoms with Crippen molar-refractivity contribution < 1.29 is 4.52 Å². The van der Waals surface area contributed by atoms with Crippen LogP contribution in [0, 0.1) is 0 Å². The molecule has 1 N–H and O–H groups in total.